The number of piperidine rings is 1. The van der Waals surface area contributed by atoms with Gasteiger partial charge in [0, 0.05) is 24.7 Å². The van der Waals surface area contributed by atoms with E-state index in [0.717, 1.165) is 12.8 Å². The van der Waals surface area contributed by atoms with Crippen molar-refractivity contribution < 1.29 is 13.3 Å². The molecule has 0 spiro atoms. The van der Waals surface area contributed by atoms with Crippen LogP contribution in [-0.2, 0) is 10.0 Å². The van der Waals surface area contributed by atoms with Crippen molar-refractivity contribution in [3.63, 3.8) is 0 Å². The van der Waals surface area contributed by atoms with E-state index in [1.807, 2.05) is 0 Å². The van der Waals surface area contributed by atoms with Gasteiger partial charge in [-0.3, -0.25) is 10.1 Å². The highest BCUT2D eigenvalue weighted by atomic mass is 35.5. The summed E-state index contributed by atoms with van der Waals surface area (Å²) in [6, 6.07) is 1.98. The molecule has 10 heteroatoms. The quantitative estimate of drug-likeness (QED) is 0.620. The maximum Gasteiger partial charge on any atom is 0.289 e. The third kappa shape index (κ3) is 4.00. The van der Waals surface area contributed by atoms with Gasteiger partial charge in [-0.15, -0.1) is 12.4 Å². The third-order valence-corrected chi connectivity index (χ3v) is 6.51. The number of nitrogens with zero attached hydrogens (tertiary/aromatic N) is 2. The number of rotatable bonds is 4. The van der Waals surface area contributed by atoms with Crippen molar-refractivity contribution in [2.24, 2.45) is 5.73 Å². The summed E-state index contributed by atoms with van der Waals surface area (Å²) in [4.78, 5) is 10.2. The Morgan fingerprint density at radius 3 is 2.58 bits per heavy atom. The minimum absolute atomic E-state index is 0. The van der Waals surface area contributed by atoms with E-state index in [4.69, 9.17) is 17.3 Å². The van der Waals surface area contributed by atoms with Crippen molar-refractivity contribution >= 4 is 39.7 Å². The minimum Gasteiger partial charge on any atom is -0.326 e. The molecule has 0 bridgehead atoms. The lowest BCUT2D eigenvalue weighted by atomic mass is 10.00. The second-order valence-corrected chi connectivity index (χ2v) is 8.13. The number of aryl methyl sites for hydroxylation is 1. The lowest BCUT2D eigenvalue weighted by Crippen LogP contribution is -2.51. The summed E-state index contributed by atoms with van der Waals surface area (Å²) in [5.41, 5.74) is 5.99. The summed E-state index contributed by atoms with van der Waals surface area (Å²) in [6.07, 6.45) is 2.30. The van der Waals surface area contributed by atoms with Crippen molar-refractivity contribution in [3.05, 3.63) is 32.8 Å². The molecule has 24 heavy (non-hydrogen) atoms. The van der Waals surface area contributed by atoms with Crippen LogP contribution in [0.2, 0.25) is 5.02 Å². The van der Waals surface area contributed by atoms with E-state index in [2.05, 4.69) is 0 Å². The van der Waals surface area contributed by atoms with Crippen LogP contribution >= 0.6 is 24.0 Å². The SMILES string of the molecule is Cc1cc([N+](=O)[O-])c(Cl)c(S(=O)(=O)N2CCCCC2C(C)N)c1.Cl. The van der Waals surface area contributed by atoms with Crippen LogP contribution in [0.4, 0.5) is 5.69 Å². The number of nitro groups is 1. The van der Waals surface area contributed by atoms with Gasteiger partial charge in [-0.2, -0.15) is 4.31 Å². The van der Waals surface area contributed by atoms with Crippen molar-refractivity contribution in [2.75, 3.05) is 6.54 Å². The molecule has 1 heterocycles. The van der Waals surface area contributed by atoms with Gasteiger partial charge < -0.3 is 5.73 Å². The molecule has 1 aromatic rings. The van der Waals surface area contributed by atoms with Crippen LogP contribution in [0.3, 0.4) is 0 Å². The van der Waals surface area contributed by atoms with Crippen molar-refractivity contribution in [1.82, 2.24) is 4.31 Å². The summed E-state index contributed by atoms with van der Waals surface area (Å²) >= 11 is 6.03. The molecule has 2 unspecified atom stereocenters. The Balaban J connectivity index is 0.00000288. The second kappa shape index (κ2) is 7.97. The monoisotopic (exact) mass is 397 g/mol. The lowest BCUT2D eigenvalue weighted by molar-refractivity contribution is -0.385. The third-order valence-electron chi connectivity index (χ3n) is 4.05. The van der Waals surface area contributed by atoms with E-state index >= 15 is 0 Å². The molecule has 7 nitrogen and oxygen atoms in total. The van der Waals surface area contributed by atoms with Gasteiger partial charge >= 0.3 is 0 Å². The Labute approximate surface area is 152 Å². The van der Waals surface area contributed by atoms with Crippen molar-refractivity contribution in [3.8, 4) is 0 Å². The first kappa shape index (κ1) is 21.1. The van der Waals surface area contributed by atoms with Gasteiger partial charge in [-0.1, -0.05) is 18.0 Å². The fourth-order valence-corrected chi connectivity index (χ4v) is 5.33. The zero-order valence-corrected chi connectivity index (χ0v) is 15.8. The van der Waals surface area contributed by atoms with Crippen LogP contribution < -0.4 is 5.73 Å². The Morgan fingerprint density at radius 2 is 2.04 bits per heavy atom. The molecule has 136 valence electrons. The van der Waals surface area contributed by atoms with Gasteiger partial charge in [0.15, 0.2) is 0 Å². The Hall–Kier alpha value is -0.930. The summed E-state index contributed by atoms with van der Waals surface area (Å²) in [6.45, 7) is 3.70. The van der Waals surface area contributed by atoms with Gasteiger partial charge in [0.25, 0.3) is 5.69 Å². The smallest absolute Gasteiger partial charge is 0.289 e. The van der Waals surface area contributed by atoms with E-state index in [9.17, 15) is 18.5 Å². The molecule has 1 aliphatic heterocycles. The largest absolute Gasteiger partial charge is 0.326 e. The predicted octanol–water partition coefficient (Wildman–Crippen LogP) is 2.87. The van der Waals surface area contributed by atoms with Crippen LogP contribution in [0.1, 0.15) is 31.7 Å². The summed E-state index contributed by atoms with van der Waals surface area (Å²) in [5, 5.41) is 10.7. The molecular weight excluding hydrogens is 377 g/mol. The first-order valence-electron chi connectivity index (χ1n) is 7.38. The number of sulfonamides is 1. The molecule has 1 saturated heterocycles. The van der Waals surface area contributed by atoms with Gasteiger partial charge in [0.05, 0.1) is 4.92 Å². The van der Waals surface area contributed by atoms with E-state index in [1.165, 1.54) is 16.4 Å². The molecule has 1 aliphatic rings. The first-order chi connectivity index (χ1) is 10.7. The fraction of sp³-hybridized carbons (Fsp3) is 0.571. The number of hydrogen-bond donors (Lipinski definition) is 1. The molecule has 0 aromatic heterocycles. The maximum atomic E-state index is 13.0. The number of nitro benzene ring substituents is 1. The van der Waals surface area contributed by atoms with Gasteiger partial charge in [0.1, 0.15) is 9.92 Å². The molecule has 0 saturated carbocycles. The number of halogens is 2. The predicted molar refractivity (Wildman–Crippen MR) is 95.3 cm³/mol. The summed E-state index contributed by atoms with van der Waals surface area (Å²) < 4.78 is 27.4. The molecule has 1 fully saturated rings. The topological polar surface area (TPSA) is 107 Å². The highest BCUT2D eigenvalue weighted by molar-refractivity contribution is 7.89. The van der Waals surface area contributed by atoms with E-state index in [0.29, 0.717) is 18.5 Å². The molecule has 0 aliphatic carbocycles. The van der Waals surface area contributed by atoms with Crippen LogP contribution in [0.5, 0.6) is 0 Å². The highest BCUT2D eigenvalue weighted by Gasteiger charge is 2.38. The first-order valence-corrected chi connectivity index (χ1v) is 9.20. The molecule has 0 radical (unpaired) electrons. The fourth-order valence-electron chi connectivity index (χ4n) is 2.92. The van der Waals surface area contributed by atoms with Crippen molar-refractivity contribution in [2.45, 2.75) is 50.1 Å². The standard InChI is InChI=1S/C14H20ClN3O4S.ClH/c1-9-7-12(18(19)20)14(15)13(8-9)23(21,22)17-6-4-3-5-11(17)10(2)16;/h7-8,10-11H,3-6,16H2,1-2H3;1H. The van der Waals surface area contributed by atoms with Gasteiger partial charge in [-0.05, 0) is 38.3 Å². The van der Waals surface area contributed by atoms with Gasteiger partial charge in [-0.25, -0.2) is 8.42 Å². The van der Waals surface area contributed by atoms with Crippen LogP contribution in [0.15, 0.2) is 17.0 Å². The molecule has 1 aromatic carbocycles. The Kier molecular flexibility index (Phi) is 7.01. The van der Waals surface area contributed by atoms with E-state index in [-0.39, 0.29) is 34.4 Å². The van der Waals surface area contributed by atoms with Crippen molar-refractivity contribution in [1.29, 1.82) is 0 Å². The Bertz CT molecular complexity index is 725. The Morgan fingerprint density at radius 1 is 1.42 bits per heavy atom. The molecule has 2 N–H and O–H groups in total. The maximum absolute atomic E-state index is 13.0. The summed E-state index contributed by atoms with van der Waals surface area (Å²) in [7, 11) is -3.95. The average molecular weight is 398 g/mol. The second-order valence-electron chi connectivity index (χ2n) is 5.89. The molecule has 2 rings (SSSR count). The summed E-state index contributed by atoms with van der Waals surface area (Å²) in [5.74, 6) is 0. The van der Waals surface area contributed by atoms with Crippen LogP contribution in [0.25, 0.3) is 0 Å². The molecular formula is C14H21Cl2N3O4S. The highest BCUT2D eigenvalue weighted by Crippen LogP contribution is 2.36. The number of hydrogen-bond acceptors (Lipinski definition) is 5. The van der Waals surface area contributed by atoms with Crippen LogP contribution in [0, 0.1) is 17.0 Å². The minimum atomic E-state index is -3.95. The number of benzene rings is 1. The molecule has 2 atom stereocenters. The lowest BCUT2D eigenvalue weighted by Gasteiger charge is -2.37. The zero-order chi connectivity index (χ0) is 17.4. The number of nitrogens with two attached hydrogens (primary N) is 1. The van der Waals surface area contributed by atoms with E-state index < -0.39 is 20.6 Å². The zero-order valence-electron chi connectivity index (χ0n) is 13.4. The van der Waals surface area contributed by atoms with Crippen LogP contribution in [-0.4, -0.2) is 36.3 Å². The van der Waals surface area contributed by atoms with E-state index in [1.54, 1.807) is 13.8 Å². The van der Waals surface area contributed by atoms with Gasteiger partial charge in [0.2, 0.25) is 10.0 Å². The molecule has 0 amide bonds. The normalized spacial score (nSPS) is 20.2. The average Bonchev–Trinajstić information content (AvgIpc) is 2.48.